The molecule has 1 amide bonds. The molecule has 2 N–H and O–H groups in total. The Hall–Kier alpha value is -3.27. The van der Waals surface area contributed by atoms with Gasteiger partial charge >= 0.3 is 0 Å². The highest BCUT2D eigenvalue weighted by atomic mass is 16.5. The molecule has 4 heteroatoms. The van der Waals surface area contributed by atoms with Crippen molar-refractivity contribution in [2.75, 3.05) is 5.32 Å². The van der Waals surface area contributed by atoms with Crippen molar-refractivity contribution < 1.29 is 14.6 Å². The molecule has 0 fully saturated rings. The first kappa shape index (κ1) is 17.5. The number of fused-ring (bicyclic) bond motifs is 1. The van der Waals surface area contributed by atoms with Crippen LogP contribution in [0.25, 0.3) is 16.8 Å². The van der Waals surface area contributed by atoms with Gasteiger partial charge < -0.3 is 15.2 Å². The highest BCUT2D eigenvalue weighted by molar-refractivity contribution is 6.08. The number of ether oxygens (including phenoxy) is 1. The lowest BCUT2D eigenvalue weighted by molar-refractivity contribution is -0.111. The second-order valence-corrected chi connectivity index (χ2v) is 6.24. The maximum atomic E-state index is 12.3. The van der Waals surface area contributed by atoms with Crippen LogP contribution in [0.15, 0.2) is 66.7 Å². The predicted octanol–water partition coefficient (Wildman–Crippen LogP) is 4.98. The number of aromatic hydroxyl groups is 1. The lowest BCUT2D eigenvalue weighted by Crippen LogP contribution is -2.08. The molecule has 0 unspecified atom stereocenters. The minimum atomic E-state index is -0.240. The second-order valence-electron chi connectivity index (χ2n) is 6.24. The van der Waals surface area contributed by atoms with E-state index < -0.39 is 0 Å². The van der Waals surface area contributed by atoms with Gasteiger partial charge in [-0.05, 0) is 49.8 Å². The van der Waals surface area contributed by atoms with Gasteiger partial charge in [-0.2, -0.15) is 0 Å². The van der Waals surface area contributed by atoms with Gasteiger partial charge in [0.2, 0.25) is 5.91 Å². The average molecular weight is 347 g/mol. The van der Waals surface area contributed by atoms with Crippen molar-refractivity contribution in [3.63, 3.8) is 0 Å². The van der Waals surface area contributed by atoms with Crippen molar-refractivity contribution in [2.24, 2.45) is 0 Å². The lowest BCUT2D eigenvalue weighted by Gasteiger charge is -2.10. The molecule has 0 aliphatic carbocycles. The molecular formula is C22H21NO3. The number of benzene rings is 3. The largest absolute Gasteiger partial charge is 0.507 e. The molecule has 132 valence electrons. The number of amides is 1. The summed E-state index contributed by atoms with van der Waals surface area (Å²) in [4.78, 5) is 12.3. The third-order valence-electron chi connectivity index (χ3n) is 3.81. The van der Waals surface area contributed by atoms with Crippen molar-refractivity contribution in [3.05, 3.63) is 72.3 Å². The average Bonchev–Trinajstić information content (AvgIpc) is 2.61. The molecule has 0 saturated carbocycles. The molecule has 0 saturated heterocycles. The molecule has 0 aliphatic heterocycles. The van der Waals surface area contributed by atoms with Gasteiger partial charge in [-0.1, -0.05) is 36.4 Å². The van der Waals surface area contributed by atoms with E-state index in [2.05, 4.69) is 5.32 Å². The van der Waals surface area contributed by atoms with Crippen LogP contribution in [0.3, 0.4) is 0 Å². The first-order chi connectivity index (χ1) is 12.5. The van der Waals surface area contributed by atoms with Gasteiger partial charge in [-0.15, -0.1) is 0 Å². The van der Waals surface area contributed by atoms with Gasteiger partial charge in [0.15, 0.2) is 0 Å². The smallest absolute Gasteiger partial charge is 0.248 e. The fourth-order valence-corrected chi connectivity index (χ4v) is 2.71. The Morgan fingerprint density at radius 2 is 1.77 bits per heavy atom. The first-order valence-corrected chi connectivity index (χ1v) is 8.49. The van der Waals surface area contributed by atoms with Crippen LogP contribution in [-0.2, 0) is 4.79 Å². The van der Waals surface area contributed by atoms with Crippen LogP contribution in [0.1, 0.15) is 19.4 Å². The van der Waals surface area contributed by atoms with Crippen LogP contribution in [-0.4, -0.2) is 17.1 Å². The fraction of sp³-hybridized carbons (Fsp3) is 0.136. The van der Waals surface area contributed by atoms with Gasteiger partial charge in [0.25, 0.3) is 0 Å². The third kappa shape index (κ3) is 4.22. The fourth-order valence-electron chi connectivity index (χ4n) is 2.71. The van der Waals surface area contributed by atoms with E-state index >= 15 is 0 Å². The Morgan fingerprint density at radius 1 is 1.04 bits per heavy atom. The molecule has 0 spiro atoms. The molecule has 0 bridgehead atoms. The zero-order valence-corrected chi connectivity index (χ0v) is 14.8. The van der Waals surface area contributed by atoms with Crippen molar-refractivity contribution >= 4 is 28.4 Å². The normalized spacial score (nSPS) is 11.2. The molecule has 4 nitrogen and oxygen atoms in total. The van der Waals surface area contributed by atoms with E-state index in [4.69, 9.17) is 4.74 Å². The Morgan fingerprint density at radius 3 is 2.58 bits per heavy atom. The zero-order chi connectivity index (χ0) is 18.5. The van der Waals surface area contributed by atoms with Gasteiger partial charge in [0.1, 0.15) is 11.5 Å². The minimum Gasteiger partial charge on any atom is -0.507 e. The topological polar surface area (TPSA) is 58.6 Å². The summed E-state index contributed by atoms with van der Waals surface area (Å²) < 4.78 is 5.66. The Kier molecular flexibility index (Phi) is 5.23. The summed E-state index contributed by atoms with van der Waals surface area (Å²) in [5.41, 5.74) is 1.54. The number of hydrogen-bond acceptors (Lipinski definition) is 3. The number of carbonyl (C=O) groups excluding carboxylic acids is 1. The molecule has 26 heavy (non-hydrogen) atoms. The van der Waals surface area contributed by atoms with Crippen LogP contribution in [0, 0.1) is 0 Å². The molecular weight excluding hydrogens is 326 g/mol. The highest BCUT2D eigenvalue weighted by Gasteiger charge is 2.06. The molecule has 3 aromatic carbocycles. The molecule has 0 atom stereocenters. The van der Waals surface area contributed by atoms with E-state index in [1.54, 1.807) is 24.3 Å². The second kappa shape index (κ2) is 7.74. The molecule has 0 aromatic heterocycles. The maximum absolute atomic E-state index is 12.3. The van der Waals surface area contributed by atoms with E-state index in [1.165, 1.54) is 6.08 Å². The van der Waals surface area contributed by atoms with E-state index in [1.807, 2.05) is 56.3 Å². The van der Waals surface area contributed by atoms with E-state index in [-0.39, 0.29) is 17.8 Å². The van der Waals surface area contributed by atoms with Crippen LogP contribution in [0.2, 0.25) is 0 Å². The van der Waals surface area contributed by atoms with Gasteiger partial charge in [0.05, 0.1) is 6.10 Å². The number of rotatable bonds is 5. The first-order valence-electron chi connectivity index (χ1n) is 8.49. The van der Waals surface area contributed by atoms with E-state index in [0.29, 0.717) is 11.1 Å². The van der Waals surface area contributed by atoms with E-state index in [0.717, 1.165) is 16.7 Å². The molecule has 0 aliphatic rings. The Bertz CT molecular complexity index is 961. The Labute approximate surface area is 152 Å². The molecule has 0 heterocycles. The number of phenols is 1. The number of anilines is 1. The summed E-state index contributed by atoms with van der Waals surface area (Å²) in [6.07, 6.45) is 3.32. The molecule has 3 aromatic rings. The summed E-state index contributed by atoms with van der Waals surface area (Å²) in [5, 5.41) is 14.3. The lowest BCUT2D eigenvalue weighted by atomic mass is 10.1. The molecule has 3 rings (SSSR count). The van der Waals surface area contributed by atoms with Crippen molar-refractivity contribution in [3.8, 4) is 11.5 Å². The summed E-state index contributed by atoms with van der Waals surface area (Å²) >= 11 is 0. The van der Waals surface area contributed by atoms with E-state index in [9.17, 15) is 9.90 Å². The van der Waals surface area contributed by atoms with Crippen molar-refractivity contribution in [1.29, 1.82) is 0 Å². The third-order valence-corrected chi connectivity index (χ3v) is 3.81. The summed E-state index contributed by atoms with van der Waals surface area (Å²) in [6.45, 7) is 3.94. The quantitative estimate of drug-likeness (QED) is 0.640. The van der Waals surface area contributed by atoms with Crippen LogP contribution in [0.5, 0.6) is 11.5 Å². The van der Waals surface area contributed by atoms with Gasteiger partial charge in [-0.3, -0.25) is 4.79 Å². The summed E-state index contributed by atoms with van der Waals surface area (Å²) in [7, 11) is 0. The molecule has 0 radical (unpaired) electrons. The zero-order valence-electron chi connectivity index (χ0n) is 14.8. The summed E-state index contributed by atoms with van der Waals surface area (Å²) in [5.74, 6) is 0.721. The number of nitrogens with one attached hydrogen (secondary N) is 1. The highest BCUT2D eigenvalue weighted by Crippen LogP contribution is 2.29. The van der Waals surface area contributed by atoms with Crippen molar-refractivity contribution in [2.45, 2.75) is 20.0 Å². The monoisotopic (exact) mass is 347 g/mol. The number of hydrogen-bond donors (Lipinski definition) is 2. The minimum absolute atomic E-state index is 0.0975. The van der Waals surface area contributed by atoms with Gasteiger partial charge in [-0.25, -0.2) is 0 Å². The SMILES string of the molecule is CC(C)Oc1cccc(/C=C/C(=O)Nc2cccc3c(O)cccc23)c1. The maximum Gasteiger partial charge on any atom is 0.248 e. The van der Waals surface area contributed by atoms with Crippen molar-refractivity contribution in [1.82, 2.24) is 0 Å². The van der Waals surface area contributed by atoms with Gasteiger partial charge in [0, 0.05) is 22.5 Å². The van der Waals surface area contributed by atoms with Crippen LogP contribution in [0.4, 0.5) is 5.69 Å². The standard InChI is InChI=1S/C22H21NO3/c1-15(2)26-17-7-3-6-16(14-17)12-13-22(25)23-20-10-4-9-19-18(20)8-5-11-21(19)24/h3-15,24H,1-2H3,(H,23,25)/b13-12+. The summed E-state index contributed by atoms with van der Waals surface area (Å²) in [6, 6.07) is 18.2. The number of phenolic OH excluding ortho intramolecular Hbond substituents is 1. The van der Waals surface area contributed by atoms with Crippen LogP contribution >= 0.6 is 0 Å². The predicted molar refractivity (Wildman–Crippen MR) is 105 cm³/mol. The number of carbonyl (C=O) groups is 1. The Balaban J connectivity index is 1.75. The van der Waals surface area contributed by atoms with Crippen LogP contribution < -0.4 is 10.1 Å².